The molecule has 0 saturated carbocycles. The van der Waals surface area contributed by atoms with Gasteiger partial charge in [0.25, 0.3) is 0 Å². The number of rotatable bonds is 3. The standard InChI is InChI=1S/C17H13ClF3N3O3/c1-9(25)22-10-3-2-4-11(7-10)23-15(26)16(27)24-12-5-6-14(18)13(8-12)17(19,20)21/h2-8H,1H3,(H,22,25)(H,23,26)(H,24,27). The van der Waals surface area contributed by atoms with Gasteiger partial charge in [0.2, 0.25) is 5.91 Å². The number of carbonyl (C=O) groups is 3. The summed E-state index contributed by atoms with van der Waals surface area (Å²) in [7, 11) is 0. The third kappa shape index (κ3) is 5.71. The number of hydrogen-bond acceptors (Lipinski definition) is 3. The van der Waals surface area contributed by atoms with Crippen molar-refractivity contribution in [3.63, 3.8) is 0 Å². The van der Waals surface area contributed by atoms with E-state index in [2.05, 4.69) is 16.0 Å². The van der Waals surface area contributed by atoms with E-state index in [4.69, 9.17) is 11.6 Å². The highest BCUT2D eigenvalue weighted by atomic mass is 35.5. The van der Waals surface area contributed by atoms with E-state index in [0.717, 1.165) is 12.1 Å². The van der Waals surface area contributed by atoms with Crippen LogP contribution >= 0.6 is 11.6 Å². The molecule has 0 bridgehead atoms. The van der Waals surface area contributed by atoms with Gasteiger partial charge in [-0.25, -0.2) is 0 Å². The van der Waals surface area contributed by atoms with Crippen molar-refractivity contribution in [2.24, 2.45) is 0 Å². The number of halogens is 4. The molecule has 0 fully saturated rings. The lowest BCUT2D eigenvalue weighted by Crippen LogP contribution is -2.29. The van der Waals surface area contributed by atoms with Crippen LogP contribution in [0.2, 0.25) is 5.02 Å². The molecule has 0 aromatic heterocycles. The van der Waals surface area contributed by atoms with Crippen LogP contribution in [0.1, 0.15) is 12.5 Å². The van der Waals surface area contributed by atoms with E-state index in [0.29, 0.717) is 11.8 Å². The van der Waals surface area contributed by atoms with Gasteiger partial charge in [0, 0.05) is 24.0 Å². The zero-order valence-corrected chi connectivity index (χ0v) is 14.5. The van der Waals surface area contributed by atoms with Crippen LogP contribution < -0.4 is 16.0 Å². The number of benzene rings is 2. The lowest BCUT2D eigenvalue weighted by atomic mass is 10.2. The first-order valence-corrected chi connectivity index (χ1v) is 7.81. The van der Waals surface area contributed by atoms with Gasteiger partial charge in [0.15, 0.2) is 0 Å². The Morgan fingerprint density at radius 1 is 0.852 bits per heavy atom. The lowest BCUT2D eigenvalue weighted by molar-refractivity contribution is -0.137. The second kappa shape index (κ2) is 8.09. The number of carbonyl (C=O) groups excluding carboxylic acids is 3. The monoisotopic (exact) mass is 399 g/mol. The van der Waals surface area contributed by atoms with E-state index >= 15 is 0 Å². The summed E-state index contributed by atoms with van der Waals surface area (Å²) >= 11 is 5.50. The van der Waals surface area contributed by atoms with Gasteiger partial charge in [-0.1, -0.05) is 17.7 Å². The fourth-order valence-corrected chi connectivity index (χ4v) is 2.30. The topological polar surface area (TPSA) is 87.3 Å². The van der Waals surface area contributed by atoms with Crippen LogP contribution in [0, 0.1) is 0 Å². The summed E-state index contributed by atoms with van der Waals surface area (Å²) in [6.45, 7) is 1.31. The second-order valence-corrected chi connectivity index (χ2v) is 5.77. The highest BCUT2D eigenvalue weighted by molar-refractivity contribution is 6.43. The van der Waals surface area contributed by atoms with E-state index < -0.39 is 28.6 Å². The van der Waals surface area contributed by atoms with Crippen molar-refractivity contribution < 1.29 is 27.6 Å². The normalized spacial score (nSPS) is 10.9. The summed E-state index contributed by atoms with van der Waals surface area (Å²) in [5.41, 5.74) is -0.758. The highest BCUT2D eigenvalue weighted by Crippen LogP contribution is 2.36. The van der Waals surface area contributed by atoms with Crippen molar-refractivity contribution in [1.29, 1.82) is 0 Å². The second-order valence-electron chi connectivity index (χ2n) is 5.36. The zero-order valence-electron chi connectivity index (χ0n) is 13.8. The van der Waals surface area contributed by atoms with E-state index in [1.165, 1.54) is 25.1 Å². The lowest BCUT2D eigenvalue weighted by Gasteiger charge is -2.12. The molecule has 3 N–H and O–H groups in total. The smallest absolute Gasteiger partial charge is 0.326 e. The van der Waals surface area contributed by atoms with Gasteiger partial charge in [-0.15, -0.1) is 0 Å². The average molecular weight is 400 g/mol. The van der Waals surface area contributed by atoms with E-state index in [9.17, 15) is 27.6 Å². The van der Waals surface area contributed by atoms with Crippen molar-refractivity contribution in [2.45, 2.75) is 13.1 Å². The van der Waals surface area contributed by atoms with Crippen LogP contribution in [0.15, 0.2) is 42.5 Å². The maximum atomic E-state index is 12.8. The van der Waals surface area contributed by atoms with Crippen LogP contribution in [-0.2, 0) is 20.6 Å². The quantitative estimate of drug-likeness (QED) is 0.684. The number of anilines is 3. The maximum absolute atomic E-state index is 12.8. The maximum Gasteiger partial charge on any atom is 0.417 e. The molecule has 0 unspecified atom stereocenters. The first-order valence-electron chi connectivity index (χ1n) is 7.43. The van der Waals surface area contributed by atoms with Gasteiger partial charge in [0.05, 0.1) is 10.6 Å². The predicted octanol–water partition coefficient (Wildman–Crippen LogP) is 3.89. The Balaban J connectivity index is 2.08. The van der Waals surface area contributed by atoms with Gasteiger partial charge in [-0.2, -0.15) is 13.2 Å². The molecule has 10 heteroatoms. The van der Waals surface area contributed by atoms with Gasteiger partial charge >= 0.3 is 18.0 Å². The fraction of sp³-hybridized carbons (Fsp3) is 0.118. The molecule has 0 saturated heterocycles. The molecule has 2 aromatic rings. The Bertz CT molecular complexity index is 900. The molecule has 142 valence electrons. The van der Waals surface area contributed by atoms with Crippen LogP contribution in [-0.4, -0.2) is 17.7 Å². The molecule has 0 aliphatic rings. The summed E-state index contributed by atoms with van der Waals surface area (Å²) in [6.07, 6.45) is -4.70. The van der Waals surface area contributed by atoms with E-state index in [1.54, 1.807) is 6.07 Å². The Morgan fingerprint density at radius 2 is 1.37 bits per heavy atom. The Labute approximate surface area is 156 Å². The van der Waals surface area contributed by atoms with Crippen LogP contribution in [0.25, 0.3) is 0 Å². The summed E-state index contributed by atoms with van der Waals surface area (Å²) in [5.74, 6) is -2.59. The first-order chi connectivity index (χ1) is 12.6. The zero-order chi connectivity index (χ0) is 20.2. The van der Waals surface area contributed by atoms with Crippen molar-refractivity contribution in [3.05, 3.63) is 53.1 Å². The van der Waals surface area contributed by atoms with E-state index in [1.807, 2.05) is 0 Å². The summed E-state index contributed by atoms with van der Waals surface area (Å²) in [5, 5.41) is 6.33. The molecule has 3 amide bonds. The van der Waals surface area contributed by atoms with Gasteiger partial charge < -0.3 is 16.0 Å². The van der Waals surface area contributed by atoms with Crippen molar-refractivity contribution >= 4 is 46.4 Å². The Kier molecular flexibility index (Phi) is 6.06. The van der Waals surface area contributed by atoms with Gasteiger partial charge in [0.1, 0.15) is 0 Å². The number of hydrogen-bond donors (Lipinski definition) is 3. The summed E-state index contributed by atoms with van der Waals surface area (Å²) in [4.78, 5) is 34.9. The number of alkyl halides is 3. The molecule has 0 aliphatic carbocycles. The average Bonchev–Trinajstić information content (AvgIpc) is 2.55. The summed E-state index contributed by atoms with van der Waals surface area (Å²) < 4.78 is 38.5. The largest absolute Gasteiger partial charge is 0.417 e. The number of amides is 3. The first kappa shape index (κ1) is 20.2. The van der Waals surface area contributed by atoms with Gasteiger partial charge in [-0.3, -0.25) is 14.4 Å². The fourth-order valence-electron chi connectivity index (χ4n) is 2.07. The minimum atomic E-state index is -4.70. The minimum Gasteiger partial charge on any atom is -0.326 e. The van der Waals surface area contributed by atoms with E-state index in [-0.39, 0.29) is 17.3 Å². The molecule has 0 radical (unpaired) electrons. The van der Waals surface area contributed by atoms with Crippen molar-refractivity contribution in [2.75, 3.05) is 16.0 Å². The molecular formula is C17H13ClF3N3O3. The molecule has 0 heterocycles. The molecule has 27 heavy (non-hydrogen) atoms. The molecule has 6 nitrogen and oxygen atoms in total. The minimum absolute atomic E-state index is 0.216. The molecule has 0 aliphatic heterocycles. The third-order valence-electron chi connectivity index (χ3n) is 3.18. The third-order valence-corrected chi connectivity index (χ3v) is 3.51. The molecule has 2 rings (SSSR count). The SMILES string of the molecule is CC(=O)Nc1cccc(NC(=O)C(=O)Nc2ccc(Cl)c(C(F)(F)F)c2)c1. The van der Waals surface area contributed by atoms with Crippen LogP contribution in [0.5, 0.6) is 0 Å². The van der Waals surface area contributed by atoms with Crippen molar-refractivity contribution in [3.8, 4) is 0 Å². The number of nitrogens with one attached hydrogen (secondary N) is 3. The molecule has 0 atom stereocenters. The molecular weight excluding hydrogens is 387 g/mol. The predicted molar refractivity (Wildman–Crippen MR) is 94.5 cm³/mol. The molecule has 2 aromatic carbocycles. The Hall–Kier alpha value is -3.07. The van der Waals surface area contributed by atoms with Gasteiger partial charge in [-0.05, 0) is 36.4 Å². The van der Waals surface area contributed by atoms with Crippen LogP contribution in [0.3, 0.4) is 0 Å². The van der Waals surface area contributed by atoms with Crippen LogP contribution in [0.4, 0.5) is 30.2 Å². The molecule has 0 spiro atoms. The van der Waals surface area contributed by atoms with Crippen molar-refractivity contribution in [1.82, 2.24) is 0 Å². The summed E-state index contributed by atoms with van der Waals surface area (Å²) in [6, 6.07) is 8.73. The Morgan fingerprint density at radius 3 is 1.89 bits per heavy atom. The highest BCUT2D eigenvalue weighted by Gasteiger charge is 2.33.